The standard InChI is InChI=1S/C25H22N8/c26-22-18(3-1-12-30-22)23-32-20-9-8-19(21-15-28-13-14-29-21)31-24(20)33(23)17-6-4-16(5-7-17)25(27)10-2-11-25/h1,3-9,12-15H,2,10-11,27H2,(H2,26,30). The molecule has 5 aromatic rings. The Morgan fingerprint density at radius 1 is 0.848 bits per heavy atom. The van der Waals surface area contributed by atoms with Crippen LogP contribution in [0.4, 0.5) is 5.82 Å². The minimum atomic E-state index is -0.219. The molecule has 1 aromatic carbocycles. The van der Waals surface area contributed by atoms with Gasteiger partial charge < -0.3 is 11.5 Å². The van der Waals surface area contributed by atoms with Gasteiger partial charge in [0.15, 0.2) is 11.5 Å². The predicted octanol–water partition coefficient (Wildman–Crippen LogP) is 3.86. The van der Waals surface area contributed by atoms with Crippen molar-refractivity contribution in [1.29, 1.82) is 0 Å². The second kappa shape index (κ2) is 7.46. The zero-order chi connectivity index (χ0) is 22.4. The number of nitrogen functional groups attached to an aromatic ring is 1. The Balaban J connectivity index is 1.57. The highest BCUT2D eigenvalue weighted by atomic mass is 15.1. The van der Waals surface area contributed by atoms with Crippen LogP contribution in [0.25, 0.3) is 39.6 Å². The lowest BCUT2D eigenvalue weighted by Gasteiger charge is -2.38. The van der Waals surface area contributed by atoms with Gasteiger partial charge in [0.05, 0.1) is 17.5 Å². The van der Waals surface area contributed by atoms with E-state index in [1.165, 1.54) is 6.42 Å². The first-order chi connectivity index (χ1) is 16.1. The van der Waals surface area contributed by atoms with Crippen molar-refractivity contribution in [2.75, 3.05) is 5.73 Å². The normalized spacial score (nSPS) is 14.8. The summed E-state index contributed by atoms with van der Waals surface area (Å²) >= 11 is 0. The third-order valence-corrected chi connectivity index (χ3v) is 6.36. The maximum Gasteiger partial charge on any atom is 0.165 e. The first kappa shape index (κ1) is 19.5. The summed E-state index contributed by atoms with van der Waals surface area (Å²) < 4.78 is 2.01. The number of anilines is 1. The van der Waals surface area contributed by atoms with Crippen LogP contribution in [0, 0.1) is 0 Å². The number of hydrogen-bond acceptors (Lipinski definition) is 7. The fourth-order valence-corrected chi connectivity index (χ4v) is 4.35. The molecule has 33 heavy (non-hydrogen) atoms. The van der Waals surface area contributed by atoms with Crippen LogP contribution in [0.15, 0.2) is 73.3 Å². The summed E-state index contributed by atoms with van der Waals surface area (Å²) in [6, 6.07) is 15.9. The Labute approximate surface area is 190 Å². The fourth-order valence-electron chi connectivity index (χ4n) is 4.35. The SMILES string of the molecule is Nc1ncccc1-c1nc2ccc(-c3cnccn3)nc2n1-c1ccc(C2(N)CCC2)cc1. The summed E-state index contributed by atoms with van der Waals surface area (Å²) in [5.74, 6) is 1.09. The molecule has 0 radical (unpaired) electrons. The number of aromatic nitrogens is 6. The maximum absolute atomic E-state index is 6.54. The Hall–Kier alpha value is -4.17. The lowest BCUT2D eigenvalue weighted by molar-refractivity contribution is 0.253. The lowest BCUT2D eigenvalue weighted by Crippen LogP contribution is -2.43. The van der Waals surface area contributed by atoms with E-state index in [1.807, 2.05) is 28.8 Å². The lowest BCUT2D eigenvalue weighted by atomic mass is 9.73. The highest BCUT2D eigenvalue weighted by molar-refractivity contribution is 5.84. The molecule has 6 rings (SSSR count). The molecule has 4 aromatic heterocycles. The summed E-state index contributed by atoms with van der Waals surface area (Å²) in [6.45, 7) is 0. The molecule has 1 aliphatic carbocycles. The average molecular weight is 435 g/mol. The number of rotatable bonds is 4. The zero-order valence-electron chi connectivity index (χ0n) is 17.9. The van der Waals surface area contributed by atoms with E-state index in [2.05, 4.69) is 39.2 Å². The molecule has 162 valence electrons. The first-order valence-electron chi connectivity index (χ1n) is 10.9. The van der Waals surface area contributed by atoms with Gasteiger partial charge in [0, 0.05) is 29.8 Å². The van der Waals surface area contributed by atoms with Gasteiger partial charge in [0.2, 0.25) is 0 Å². The van der Waals surface area contributed by atoms with Crippen LogP contribution in [-0.2, 0) is 5.54 Å². The van der Waals surface area contributed by atoms with Gasteiger partial charge in [0.1, 0.15) is 17.0 Å². The summed E-state index contributed by atoms with van der Waals surface area (Å²) in [6.07, 6.45) is 9.87. The van der Waals surface area contributed by atoms with Gasteiger partial charge in [-0.15, -0.1) is 0 Å². The van der Waals surface area contributed by atoms with Gasteiger partial charge >= 0.3 is 0 Å². The summed E-state index contributed by atoms with van der Waals surface area (Å²) in [4.78, 5) is 22.6. The fraction of sp³-hybridized carbons (Fsp3) is 0.160. The molecule has 4 heterocycles. The third-order valence-electron chi connectivity index (χ3n) is 6.36. The molecule has 1 fully saturated rings. The molecular weight excluding hydrogens is 412 g/mol. The minimum Gasteiger partial charge on any atom is -0.383 e. The minimum absolute atomic E-state index is 0.219. The van der Waals surface area contributed by atoms with E-state index in [1.54, 1.807) is 24.8 Å². The van der Waals surface area contributed by atoms with Crippen LogP contribution < -0.4 is 11.5 Å². The Bertz CT molecular complexity index is 1450. The molecule has 0 aliphatic heterocycles. The van der Waals surface area contributed by atoms with E-state index in [0.29, 0.717) is 23.0 Å². The smallest absolute Gasteiger partial charge is 0.165 e. The quantitative estimate of drug-likeness (QED) is 0.440. The van der Waals surface area contributed by atoms with Crippen LogP contribution in [0.5, 0.6) is 0 Å². The molecule has 0 unspecified atom stereocenters. The molecule has 8 nitrogen and oxygen atoms in total. The number of pyridine rings is 2. The largest absolute Gasteiger partial charge is 0.383 e. The van der Waals surface area contributed by atoms with Crippen LogP contribution >= 0.6 is 0 Å². The number of fused-ring (bicyclic) bond motifs is 1. The molecule has 4 N–H and O–H groups in total. The van der Waals surface area contributed by atoms with Crippen molar-refractivity contribution in [3.05, 3.63) is 78.9 Å². The molecule has 1 saturated carbocycles. The number of nitrogens with zero attached hydrogens (tertiary/aromatic N) is 6. The van der Waals surface area contributed by atoms with Crippen LogP contribution in [0.2, 0.25) is 0 Å². The topological polar surface area (TPSA) is 121 Å². The van der Waals surface area contributed by atoms with Gasteiger partial charge in [-0.3, -0.25) is 14.5 Å². The van der Waals surface area contributed by atoms with E-state index < -0.39 is 0 Å². The molecule has 0 atom stereocenters. The molecule has 0 bridgehead atoms. The van der Waals surface area contributed by atoms with Gasteiger partial charge in [-0.05, 0) is 61.2 Å². The second-order valence-electron chi connectivity index (χ2n) is 8.39. The molecule has 0 amide bonds. The van der Waals surface area contributed by atoms with Crippen LogP contribution in [0.3, 0.4) is 0 Å². The van der Waals surface area contributed by atoms with E-state index in [0.717, 1.165) is 40.9 Å². The Morgan fingerprint density at radius 2 is 1.70 bits per heavy atom. The number of hydrogen-bond donors (Lipinski definition) is 2. The molecule has 0 spiro atoms. The number of imidazole rings is 1. The van der Waals surface area contributed by atoms with Crippen molar-refractivity contribution in [3.63, 3.8) is 0 Å². The molecule has 0 saturated heterocycles. The third kappa shape index (κ3) is 3.23. The van der Waals surface area contributed by atoms with Gasteiger partial charge in [0.25, 0.3) is 0 Å². The van der Waals surface area contributed by atoms with Gasteiger partial charge in [-0.25, -0.2) is 15.0 Å². The van der Waals surface area contributed by atoms with Crippen LogP contribution in [0.1, 0.15) is 24.8 Å². The van der Waals surface area contributed by atoms with Crippen molar-refractivity contribution >= 4 is 17.0 Å². The number of benzene rings is 1. The summed E-state index contributed by atoms with van der Waals surface area (Å²) in [5, 5.41) is 0. The van der Waals surface area contributed by atoms with E-state index in [4.69, 9.17) is 21.4 Å². The van der Waals surface area contributed by atoms with Crippen molar-refractivity contribution in [3.8, 4) is 28.5 Å². The molecule has 8 heteroatoms. The Morgan fingerprint density at radius 3 is 2.39 bits per heavy atom. The zero-order valence-corrected chi connectivity index (χ0v) is 17.9. The highest BCUT2D eigenvalue weighted by Crippen LogP contribution is 2.39. The summed E-state index contributed by atoms with van der Waals surface area (Å²) in [5.41, 5.74) is 18.2. The van der Waals surface area contributed by atoms with Crippen molar-refractivity contribution in [1.82, 2.24) is 29.5 Å². The summed E-state index contributed by atoms with van der Waals surface area (Å²) in [7, 11) is 0. The van der Waals surface area contributed by atoms with Crippen molar-refractivity contribution in [2.24, 2.45) is 5.73 Å². The van der Waals surface area contributed by atoms with Crippen molar-refractivity contribution in [2.45, 2.75) is 24.8 Å². The second-order valence-corrected chi connectivity index (χ2v) is 8.39. The number of nitrogens with two attached hydrogens (primary N) is 2. The monoisotopic (exact) mass is 434 g/mol. The first-order valence-corrected chi connectivity index (χ1v) is 10.9. The van der Waals surface area contributed by atoms with E-state index in [9.17, 15) is 0 Å². The Kier molecular flexibility index (Phi) is 4.41. The van der Waals surface area contributed by atoms with E-state index >= 15 is 0 Å². The van der Waals surface area contributed by atoms with Crippen LogP contribution in [-0.4, -0.2) is 29.5 Å². The predicted molar refractivity (Wildman–Crippen MR) is 127 cm³/mol. The molecular formula is C25H22N8. The van der Waals surface area contributed by atoms with Crippen molar-refractivity contribution < 1.29 is 0 Å². The average Bonchev–Trinajstić information content (AvgIpc) is 3.22. The van der Waals surface area contributed by atoms with E-state index in [-0.39, 0.29) is 5.54 Å². The van der Waals surface area contributed by atoms with Gasteiger partial charge in [-0.2, -0.15) is 0 Å². The van der Waals surface area contributed by atoms with Gasteiger partial charge in [-0.1, -0.05) is 12.1 Å². The maximum atomic E-state index is 6.54. The highest BCUT2D eigenvalue weighted by Gasteiger charge is 2.34. The molecule has 1 aliphatic rings.